The molecule has 3 N–H and O–H groups in total. The van der Waals surface area contributed by atoms with Crippen LogP contribution in [-0.2, 0) is 11.3 Å². The fraction of sp³-hybridized carbons (Fsp3) is 0.462. The van der Waals surface area contributed by atoms with Gasteiger partial charge >= 0.3 is 0 Å². The largest absolute Gasteiger partial charge is 0.326 e. The quantitative estimate of drug-likeness (QED) is 0.222. The van der Waals surface area contributed by atoms with Crippen molar-refractivity contribution in [1.29, 1.82) is 0 Å². The second-order valence-corrected chi connectivity index (χ2v) is 8.62. The second-order valence-electron chi connectivity index (χ2n) is 8.62. The van der Waals surface area contributed by atoms with Crippen LogP contribution in [0.3, 0.4) is 0 Å². The number of imidazole rings is 1. The van der Waals surface area contributed by atoms with E-state index < -0.39 is 0 Å². The van der Waals surface area contributed by atoms with Crippen molar-refractivity contribution in [3.8, 4) is 0 Å². The van der Waals surface area contributed by atoms with Crippen LogP contribution in [0.15, 0.2) is 36.4 Å². The van der Waals surface area contributed by atoms with Crippen LogP contribution in [0.2, 0.25) is 0 Å². The number of nitrogens with one attached hydrogen (secondary N) is 3. The van der Waals surface area contributed by atoms with E-state index in [9.17, 15) is 9.59 Å². The molecule has 0 spiro atoms. The maximum Gasteiger partial charge on any atom is 0.228 e. The number of Topliss-reactive ketones (excluding diaryl/α,β-unsaturated/α-hetero) is 1. The van der Waals surface area contributed by atoms with Crippen molar-refractivity contribution in [3.63, 3.8) is 0 Å². The molecule has 1 unspecified atom stereocenters. The number of hydrogen-bond acceptors (Lipinski definition) is 6. The number of aryl methyl sites for hydroxylation is 1. The number of anilines is 3. The minimum absolute atomic E-state index is 0. The lowest BCUT2D eigenvalue weighted by Gasteiger charge is -2.12. The number of benzene rings is 1. The van der Waals surface area contributed by atoms with Gasteiger partial charge in [-0.3, -0.25) is 14.2 Å². The number of pyridine rings is 1. The van der Waals surface area contributed by atoms with Crippen molar-refractivity contribution in [2.45, 2.75) is 59.9 Å². The number of rotatable bonds is 13. The van der Waals surface area contributed by atoms with E-state index in [0.717, 1.165) is 62.2 Å². The monoisotopic (exact) mass is 468 g/mol. The van der Waals surface area contributed by atoms with Gasteiger partial charge in [-0.2, -0.15) is 0 Å². The van der Waals surface area contributed by atoms with Crippen LogP contribution in [0.25, 0.3) is 11.2 Å². The Morgan fingerprint density at radius 2 is 1.82 bits per heavy atom. The lowest BCUT2D eigenvalue weighted by molar-refractivity contribution is -0.119. The standard InChI is InChI=1S/C26H36N6O2.2H2/c1-5-9-18(3)25(34)31-23-15-14-22-24(30-23)32(17-8-7-16-27-6-2)26(29-22)28-21-12-10-20(11-13-21)19(4)33;;/h10-15,18,27H,5-9,16-17H2,1-4H3,(H,28,29)(H,30,31,34);2*1H. The molecule has 8 nitrogen and oxygen atoms in total. The van der Waals surface area contributed by atoms with Crippen LogP contribution in [0.4, 0.5) is 17.5 Å². The van der Waals surface area contributed by atoms with E-state index in [1.165, 1.54) is 0 Å². The number of ketones is 1. The molecule has 2 aromatic heterocycles. The summed E-state index contributed by atoms with van der Waals surface area (Å²) in [6.07, 6.45) is 3.80. The summed E-state index contributed by atoms with van der Waals surface area (Å²) in [6.45, 7) is 10.3. The Morgan fingerprint density at radius 3 is 2.50 bits per heavy atom. The van der Waals surface area contributed by atoms with E-state index in [1.807, 2.05) is 25.1 Å². The van der Waals surface area contributed by atoms with E-state index in [-0.39, 0.29) is 20.5 Å². The van der Waals surface area contributed by atoms with Gasteiger partial charge in [0.1, 0.15) is 11.3 Å². The van der Waals surface area contributed by atoms with Gasteiger partial charge in [0.25, 0.3) is 0 Å². The molecular weight excluding hydrogens is 428 g/mol. The first-order valence-corrected chi connectivity index (χ1v) is 12.2. The molecule has 0 bridgehead atoms. The summed E-state index contributed by atoms with van der Waals surface area (Å²) in [6, 6.07) is 11.0. The van der Waals surface area contributed by atoms with Gasteiger partial charge in [0, 0.05) is 26.6 Å². The van der Waals surface area contributed by atoms with Gasteiger partial charge in [-0.15, -0.1) is 0 Å². The third-order valence-corrected chi connectivity index (χ3v) is 5.80. The number of hydrogen-bond donors (Lipinski definition) is 3. The fourth-order valence-corrected chi connectivity index (χ4v) is 3.81. The molecule has 0 aliphatic rings. The average Bonchev–Trinajstić information content (AvgIpc) is 3.15. The number of nitrogens with zero attached hydrogens (tertiary/aromatic N) is 3. The number of carbonyl (C=O) groups is 2. The van der Waals surface area contributed by atoms with Crippen LogP contribution >= 0.6 is 0 Å². The van der Waals surface area contributed by atoms with Crippen LogP contribution in [0.1, 0.15) is 66.6 Å². The highest BCUT2D eigenvalue weighted by Gasteiger charge is 2.16. The summed E-state index contributed by atoms with van der Waals surface area (Å²) < 4.78 is 2.06. The topological polar surface area (TPSA) is 101 Å². The highest BCUT2D eigenvalue weighted by molar-refractivity contribution is 5.94. The van der Waals surface area contributed by atoms with Gasteiger partial charge in [0.15, 0.2) is 11.4 Å². The molecule has 0 radical (unpaired) electrons. The summed E-state index contributed by atoms with van der Waals surface area (Å²) >= 11 is 0. The Morgan fingerprint density at radius 1 is 1.06 bits per heavy atom. The first-order chi connectivity index (χ1) is 16.4. The molecule has 1 amide bonds. The van der Waals surface area contributed by atoms with Gasteiger partial charge in [-0.25, -0.2) is 9.97 Å². The molecule has 186 valence electrons. The molecule has 1 aromatic carbocycles. The van der Waals surface area contributed by atoms with Crippen molar-refractivity contribution in [2.75, 3.05) is 23.7 Å². The van der Waals surface area contributed by atoms with E-state index in [1.54, 1.807) is 25.1 Å². The van der Waals surface area contributed by atoms with Crippen LogP contribution in [0.5, 0.6) is 0 Å². The molecule has 0 aliphatic heterocycles. The molecule has 0 saturated heterocycles. The van der Waals surface area contributed by atoms with Crippen molar-refractivity contribution >= 4 is 40.3 Å². The fourth-order valence-electron chi connectivity index (χ4n) is 3.81. The second kappa shape index (κ2) is 12.3. The zero-order chi connectivity index (χ0) is 24.5. The van der Waals surface area contributed by atoms with Crippen molar-refractivity contribution in [1.82, 2.24) is 19.9 Å². The first kappa shape index (κ1) is 25.4. The molecule has 0 fully saturated rings. The molecule has 8 heteroatoms. The Kier molecular flexibility index (Phi) is 9.16. The maximum absolute atomic E-state index is 12.5. The normalized spacial score (nSPS) is 12.0. The summed E-state index contributed by atoms with van der Waals surface area (Å²) in [4.78, 5) is 33.6. The number of carbonyl (C=O) groups excluding carboxylic acids is 2. The highest BCUT2D eigenvalue weighted by atomic mass is 16.2. The Balaban J connectivity index is 0.00000324. The molecule has 0 aliphatic carbocycles. The van der Waals surface area contributed by atoms with Gasteiger partial charge in [0.05, 0.1) is 0 Å². The molecular formula is C26H40N6O2. The number of aromatic nitrogens is 3. The van der Waals surface area contributed by atoms with Crippen molar-refractivity contribution in [2.24, 2.45) is 5.92 Å². The molecule has 0 saturated carbocycles. The molecule has 3 rings (SSSR count). The number of fused-ring (bicyclic) bond motifs is 1. The summed E-state index contributed by atoms with van der Waals surface area (Å²) in [7, 11) is 0. The van der Waals surface area contributed by atoms with Crippen LogP contribution in [-0.4, -0.2) is 39.3 Å². The Labute approximate surface area is 204 Å². The van der Waals surface area contributed by atoms with Gasteiger partial charge in [-0.05, 0) is 75.7 Å². The minimum atomic E-state index is -0.0614. The summed E-state index contributed by atoms with van der Waals surface area (Å²) in [5, 5.41) is 9.68. The zero-order valence-corrected chi connectivity index (χ0v) is 20.6. The van der Waals surface area contributed by atoms with E-state index in [2.05, 4.69) is 34.4 Å². The van der Waals surface area contributed by atoms with Gasteiger partial charge in [0.2, 0.25) is 11.9 Å². The molecule has 34 heavy (non-hydrogen) atoms. The SMILES string of the molecule is CCCC(C)C(=O)Nc1ccc2nc(Nc3ccc(C(C)=O)cc3)n(CCCCNCC)c2n1.[HH].[HH]. The number of amides is 1. The zero-order valence-electron chi connectivity index (χ0n) is 20.6. The Bertz CT molecular complexity index is 1120. The van der Waals surface area contributed by atoms with Crippen molar-refractivity contribution in [3.05, 3.63) is 42.0 Å². The first-order valence-electron chi connectivity index (χ1n) is 12.2. The number of unbranched alkanes of at least 4 members (excludes halogenated alkanes) is 1. The lowest BCUT2D eigenvalue weighted by atomic mass is 10.1. The highest BCUT2D eigenvalue weighted by Crippen LogP contribution is 2.24. The molecule has 1 atom stereocenters. The lowest BCUT2D eigenvalue weighted by Crippen LogP contribution is -2.21. The third kappa shape index (κ3) is 6.63. The average molecular weight is 469 g/mol. The van der Waals surface area contributed by atoms with Crippen LogP contribution in [0, 0.1) is 5.92 Å². The van der Waals surface area contributed by atoms with Gasteiger partial charge < -0.3 is 16.0 Å². The van der Waals surface area contributed by atoms with Gasteiger partial charge in [-0.1, -0.05) is 27.2 Å². The van der Waals surface area contributed by atoms with Crippen molar-refractivity contribution < 1.29 is 12.4 Å². The van der Waals surface area contributed by atoms with E-state index in [4.69, 9.17) is 9.97 Å². The van der Waals surface area contributed by atoms with Crippen LogP contribution < -0.4 is 16.0 Å². The smallest absolute Gasteiger partial charge is 0.228 e. The van der Waals surface area contributed by atoms with E-state index >= 15 is 0 Å². The maximum atomic E-state index is 12.5. The molecule has 3 aromatic rings. The summed E-state index contributed by atoms with van der Waals surface area (Å²) in [5.74, 6) is 1.17. The predicted octanol–water partition coefficient (Wildman–Crippen LogP) is 5.63. The predicted molar refractivity (Wildman–Crippen MR) is 142 cm³/mol. The Hall–Kier alpha value is -3.26. The third-order valence-electron chi connectivity index (χ3n) is 5.80. The van der Waals surface area contributed by atoms with E-state index in [0.29, 0.717) is 17.3 Å². The summed E-state index contributed by atoms with van der Waals surface area (Å²) in [5.41, 5.74) is 3.00. The minimum Gasteiger partial charge on any atom is -0.326 e. The molecule has 2 heterocycles.